The molecule has 3 heteroatoms. The zero-order valence-electron chi connectivity index (χ0n) is 11.4. The second kappa shape index (κ2) is 5.71. The third-order valence-electron chi connectivity index (χ3n) is 3.57. The lowest BCUT2D eigenvalue weighted by Gasteiger charge is -2.19. The second-order valence-electron chi connectivity index (χ2n) is 4.94. The van der Waals surface area contributed by atoms with Gasteiger partial charge in [0.2, 0.25) is 0 Å². The first kappa shape index (κ1) is 13.3. The molecule has 1 unspecified atom stereocenters. The van der Waals surface area contributed by atoms with Crippen molar-refractivity contribution in [3.63, 3.8) is 0 Å². The summed E-state index contributed by atoms with van der Waals surface area (Å²) in [6.45, 7) is 2.20. The second-order valence-corrected chi connectivity index (χ2v) is 5.85. The van der Waals surface area contributed by atoms with Crippen LogP contribution >= 0.6 is 15.9 Å². The predicted octanol–water partition coefficient (Wildman–Crippen LogP) is 5.49. The largest absolute Gasteiger partial charge is 0.378 e. The summed E-state index contributed by atoms with van der Waals surface area (Å²) in [6.07, 6.45) is 3.02. The Morgan fingerprint density at radius 1 is 1.10 bits per heavy atom. The summed E-state index contributed by atoms with van der Waals surface area (Å²) in [5.74, 6) is 0. The van der Waals surface area contributed by atoms with Crippen molar-refractivity contribution in [1.29, 1.82) is 0 Å². The number of anilines is 1. The number of H-pyrrole nitrogens is 1. The molecule has 1 aromatic heterocycles. The monoisotopic (exact) mass is 328 g/mol. The lowest BCUT2D eigenvalue weighted by atomic mass is 10.0. The van der Waals surface area contributed by atoms with E-state index in [1.54, 1.807) is 0 Å². The minimum Gasteiger partial charge on any atom is -0.378 e. The fourth-order valence-electron chi connectivity index (χ4n) is 2.46. The van der Waals surface area contributed by atoms with Crippen LogP contribution < -0.4 is 5.32 Å². The van der Waals surface area contributed by atoms with Crippen molar-refractivity contribution >= 4 is 32.5 Å². The Bertz CT molecular complexity index is 700. The molecular weight excluding hydrogens is 312 g/mol. The van der Waals surface area contributed by atoms with Crippen LogP contribution in [0.5, 0.6) is 0 Å². The van der Waals surface area contributed by atoms with Crippen LogP contribution in [0, 0.1) is 0 Å². The van der Waals surface area contributed by atoms with E-state index >= 15 is 0 Å². The first-order valence-electron chi connectivity index (χ1n) is 6.85. The van der Waals surface area contributed by atoms with E-state index in [0.717, 1.165) is 16.6 Å². The third-order valence-corrected chi connectivity index (χ3v) is 4.10. The van der Waals surface area contributed by atoms with Crippen molar-refractivity contribution in [2.24, 2.45) is 0 Å². The van der Waals surface area contributed by atoms with Gasteiger partial charge in [0, 0.05) is 27.3 Å². The van der Waals surface area contributed by atoms with E-state index in [0.29, 0.717) is 6.04 Å². The lowest BCUT2D eigenvalue weighted by Crippen LogP contribution is -2.09. The molecule has 0 radical (unpaired) electrons. The maximum Gasteiger partial charge on any atom is 0.0511 e. The number of aromatic nitrogens is 1. The Morgan fingerprint density at radius 2 is 1.90 bits per heavy atom. The van der Waals surface area contributed by atoms with Crippen molar-refractivity contribution < 1.29 is 0 Å². The van der Waals surface area contributed by atoms with Gasteiger partial charge in [-0.2, -0.15) is 0 Å². The molecule has 3 rings (SSSR count). The van der Waals surface area contributed by atoms with Crippen LogP contribution in [0.3, 0.4) is 0 Å². The molecule has 0 saturated heterocycles. The van der Waals surface area contributed by atoms with E-state index < -0.39 is 0 Å². The van der Waals surface area contributed by atoms with Gasteiger partial charge < -0.3 is 10.3 Å². The third kappa shape index (κ3) is 2.73. The zero-order valence-corrected chi connectivity index (χ0v) is 12.9. The van der Waals surface area contributed by atoms with Gasteiger partial charge in [-0.3, -0.25) is 0 Å². The summed E-state index contributed by atoms with van der Waals surface area (Å²) >= 11 is 3.48. The van der Waals surface area contributed by atoms with Crippen LogP contribution in [0.1, 0.15) is 24.9 Å². The molecule has 20 heavy (non-hydrogen) atoms. The van der Waals surface area contributed by atoms with Crippen molar-refractivity contribution in [1.82, 2.24) is 4.98 Å². The van der Waals surface area contributed by atoms with E-state index in [1.165, 1.54) is 16.5 Å². The fourth-order valence-corrected chi connectivity index (χ4v) is 2.72. The maximum atomic E-state index is 3.62. The molecule has 0 bridgehead atoms. The van der Waals surface area contributed by atoms with Crippen LogP contribution in [-0.2, 0) is 0 Å². The predicted molar refractivity (Wildman–Crippen MR) is 89.1 cm³/mol. The number of rotatable bonds is 4. The Labute approximate surface area is 127 Å². The van der Waals surface area contributed by atoms with E-state index in [2.05, 4.69) is 81.7 Å². The first-order chi connectivity index (χ1) is 9.76. The highest BCUT2D eigenvalue weighted by atomic mass is 79.9. The summed E-state index contributed by atoms with van der Waals surface area (Å²) in [5.41, 5.74) is 3.64. The molecule has 0 aliphatic carbocycles. The van der Waals surface area contributed by atoms with Crippen LogP contribution in [0.25, 0.3) is 10.9 Å². The summed E-state index contributed by atoms with van der Waals surface area (Å²) in [7, 11) is 0. The molecule has 3 aromatic rings. The Kier molecular flexibility index (Phi) is 3.79. The molecule has 102 valence electrons. The van der Waals surface area contributed by atoms with Crippen molar-refractivity contribution in [2.75, 3.05) is 5.32 Å². The van der Waals surface area contributed by atoms with Gasteiger partial charge in [0.25, 0.3) is 0 Å². The molecule has 0 spiro atoms. The van der Waals surface area contributed by atoms with Gasteiger partial charge in [-0.25, -0.2) is 0 Å². The van der Waals surface area contributed by atoms with Gasteiger partial charge in [0.05, 0.1) is 6.04 Å². The average Bonchev–Trinajstić information content (AvgIpc) is 2.93. The van der Waals surface area contributed by atoms with Gasteiger partial charge in [-0.05, 0) is 48.4 Å². The quantitative estimate of drug-likeness (QED) is 0.650. The topological polar surface area (TPSA) is 27.8 Å². The maximum absolute atomic E-state index is 3.62. The van der Waals surface area contributed by atoms with Crippen molar-refractivity contribution in [3.05, 3.63) is 64.8 Å². The van der Waals surface area contributed by atoms with Crippen LogP contribution in [0.2, 0.25) is 0 Å². The zero-order chi connectivity index (χ0) is 13.9. The summed E-state index contributed by atoms with van der Waals surface area (Å²) in [6, 6.07) is 17.4. The summed E-state index contributed by atoms with van der Waals surface area (Å²) in [5, 5.41) is 4.85. The molecule has 0 aliphatic heterocycles. The molecule has 1 heterocycles. The van der Waals surface area contributed by atoms with Crippen molar-refractivity contribution in [3.8, 4) is 0 Å². The number of hydrogen-bond donors (Lipinski definition) is 2. The van der Waals surface area contributed by atoms with Gasteiger partial charge in [0.15, 0.2) is 0 Å². The highest BCUT2D eigenvalue weighted by Crippen LogP contribution is 2.26. The molecule has 2 aromatic carbocycles. The molecule has 0 aliphatic rings. The molecule has 2 N–H and O–H groups in total. The Hall–Kier alpha value is -1.74. The molecule has 2 nitrogen and oxygen atoms in total. The fraction of sp³-hybridized carbons (Fsp3) is 0.176. The Morgan fingerprint density at radius 3 is 2.65 bits per heavy atom. The number of nitrogens with one attached hydrogen (secondary N) is 2. The van der Waals surface area contributed by atoms with E-state index in [-0.39, 0.29) is 0 Å². The number of benzene rings is 2. The minimum atomic E-state index is 0.333. The molecule has 0 fully saturated rings. The van der Waals surface area contributed by atoms with E-state index in [9.17, 15) is 0 Å². The highest BCUT2D eigenvalue weighted by molar-refractivity contribution is 9.10. The van der Waals surface area contributed by atoms with Crippen LogP contribution in [-0.4, -0.2) is 4.98 Å². The number of halogens is 1. The number of fused-ring (bicyclic) bond motifs is 1. The minimum absolute atomic E-state index is 0.333. The van der Waals surface area contributed by atoms with Gasteiger partial charge >= 0.3 is 0 Å². The van der Waals surface area contributed by atoms with E-state index in [4.69, 9.17) is 0 Å². The summed E-state index contributed by atoms with van der Waals surface area (Å²) in [4.78, 5) is 3.22. The first-order valence-corrected chi connectivity index (χ1v) is 7.64. The van der Waals surface area contributed by atoms with E-state index in [1.807, 2.05) is 6.20 Å². The van der Waals surface area contributed by atoms with Crippen LogP contribution in [0.15, 0.2) is 59.2 Å². The standard InChI is InChI=1S/C17H17BrN2/c1-2-16(12-3-5-14(18)6-4-12)20-15-7-8-17-13(11-15)9-10-19-17/h3-11,16,19-20H,2H2,1H3. The van der Waals surface area contributed by atoms with Gasteiger partial charge in [0.1, 0.15) is 0 Å². The highest BCUT2D eigenvalue weighted by Gasteiger charge is 2.09. The van der Waals surface area contributed by atoms with Gasteiger partial charge in [-0.15, -0.1) is 0 Å². The summed E-state index contributed by atoms with van der Waals surface area (Å²) < 4.78 is 1.12. The molecular formula is C17H17BrN2. The molecule has 0 amide bonds. The number of hydrogen-bond acceptors (Lipinski definition) is 1. The number of aromatic amines is 1. The molecule has 0 saturated carbocycles. The Balaban J connectivity index is 1.84. The van der Waals surface area contributed by atoms with Crippen LogP contribution in [0.4, 0.5) is 5.69 Å². The van der Waals surface area contributed by atoms with Gasteiger partial charge in [-0.1, -0.05) is 35.0 Å². The normalized spacial score (nSPS) is 12.5. The molecule has 1 atom stereocenters. The van der Waals surface area contributed by atoms with Crippen molar-refractivity contribution in [2.45, 2.75) is 19.4 Å². The lowest BCUT2D eigenvalue weighted by molar-refractivity contribution is 0.749. The SMILES string of the molecule is CCC(Nc1ccc2[nH]ccc2c1)c1ccc(Br)cc1. The smallest absolute Gasteiger partial charge is 0.0511 e. The average molecular weight is 329 g/mol.